The molecule has 6 heteroatoms. The number of hydrogen-bond donors (Lipinski definition) is 1. The lowest BCUT2D eigenvalue weighted by Crippen LogP contribution is -2.17. The minimum atomic E-state index is -0.261. The number of hydrogen-bond acceptors (Lipinski definition) is 6. The van der Waals surface area contributed by atoms with Crippen molar-refractivity contribution in [2.45, 2.75) is 19.4 Å². The van der Waals surface area contributed by atoms with Crippen LogP contribution in [0.4, 0.5) is 5.69 Å². The van der Waals surface area contributed by atoms with Gasteiger partial charge in [-0.2, -0.15) is 15.8 Å². The van der Waals surface area contributed by atoms with E-state index in [1.54, 1.807) is 30.3 Å². The van der Waals surface area contributed by atoms with E-state index in [4.69, 9.17) is 20.5 Å². The fourth-order valence-electron chi connectivity index (χ4n) is 1.89. The van der Waals surface area contributed by atoms with Gasteiger partial charge in [-0.1, -0.05) is 6.07 Å². The quantitative estimate of drug-likeness (QED) is 0.861. The number of nitrogens with one attached hydrogen (secondary N) is 1. The smallest absolute Gasteiger partial charge is 0.216 e. The first-order valence-corrected chi connectivity index (χ1v) is 6.54. The van der Waals surface area contributed by atoms with Crippen molar-refractivity contribution in [3.63, 3.8) is 0 Å². The number of ether oxygens (including phenoxy) is 1. The van der Waals surface area contributed by atoms with Crippen molar-refractivity contribution in [3.8, 4) is 18.2 Å². The van der Waals surface area contributed by atoms with Crippen molar-refractivity contribution in [2.24, 2.45) is 4.99 Å². The van der Waals surface area contributed by atoms with Gasteiger partial charge >= 0.3 is 0 Å². The average molecular weight is 291 g/mol. The second kappa shape index (κ2) is 5.99. The average Bonchev–Trinajstić information content (AvgIpc) is 2.88. The Morgan fingerprint density at radius 3 is 2.50 bits per heavy atom. The molecule has 0 atom stereocenters. The SMILES string of the molecule is CC1(C)COC(c2cccc(NC(C#N)=C(C#N)C#N)c2)=N1. The number of allylic oxidation sites excluding steroid dienone is 2. The van der Waals surface area contributed by atoms with Crippen LogP contribution in [0.5, 0.6) is 0 Å². The van der Waals surface area contributed by atoms with Gasteiger partial charge in [-0.15, -0.1) is 0 Å². The van der Waals surface area contributed by atoms with Crippen LogP contribution in [0.25, 0.3) is 0 Å². The molecule has 0 bridgehead atoms. The van der Waals surface area contributed by atoms with Crippen LogP contribution in [0.15, 0.2) is 40.5 Å². The summed E-state index contributed by atoms with van der Waals surface area (Å²) in [6.07, 6.45) is 0. The van der Waals surface area contributed by atoms with Gasteiger partial charge in [0.15, 0.2) is 5.57 Å². The Labute approximate surface area is 128 Å². The van der Waals surface area contributed by atoms with Crippen LogP contribution >= 0.6 is 0 Å². The maximum atomic E-state index is 9.05. The summed E-state index contributed by atoms with van der Waals surface area (Å²) >= 11 is 0. The van der Waals surface area contributed by atoms with Gasteiger partial charge in [-0.05, 0) is 32.0 Å². The van der Waals surface area contributed by atoms with Gasteiger partial charge in [-0.3, -0.25) is 0 Å². The summed E-state index contributed by atoms with van der Waals surface area (Å²) in [7, 11) is 0. The highest BCUT2D eigenvalue weighted by atomic mass is 16.5. The molecule has 0 saturated heterocycles. The van der Waals surface area contributed by atoms with Crippen molar-refractivity contribution in [1.82, 2.24) is 0 Å². The van der Waals surface area contributed by atoms with Crippen LogP contribution in [0.3, 0.4) is 0 Å². The molecule has 1 heterocycles. The first kappa shape index (κ1) is 15.1. The van der Waals surface area contributed by atoms with E-state index in [2.05, 4.69) is 10.3 Å². The van der Waals surface area contributed by atoms with Crippen molar-refractivity contribution >= 4 is 11.6 Å². The molecule has 0 aromatic heterocycles. The van der Waals surface area contributed by atoms with E-state index in [-0.39, 0.29) is 16.8 Å². The van der Waals surface area contributed by atoms with Gasteiger partial charge in [0.25, 0.3) is 0 Å². The van der Waals surface area contributed by atoms with E-state index in [0.29, 0.717) is 18.2 Å². The third-order valence-electron chi connectivity index (χ3n) is 2.93. The second-order valence-electron chi connectivity index (χ2n) is 5.31. The molecule has 6 nitrogen and oxygen atoms in total. The fraction of sp³-hybridized carbons (Fsp3) is 0.250. The van der Waals surface area contributed by atoms with E-state index in [9.17, 15) is 0 Å². The molecule has 1 aliphatic rings. The molecular weight excluding hydrogens is 278 g/mol. The van der Waals surface area contributed by atoms with E-state index in [0.717, 1.165) is 5.56 Å². The van der Waals surface area contributed by atoms with Crippen LogP contribution in [-0.4, -0.2) is 18.0 Å². The second-order valence-corrected chi connectivity index (χ2v) is 5.31. The number of rotatable bonds is 3. The van der Waals surface area contributed by atoms with Crippen LogP contribution < -0.4 is 5.32 Å². The van der Waals surface area contributed by atoms with Crippen molar-refractivity contribution < 1.29 is 4.74 Å². The Morgan fingerprint density at radius 2 is 1.95 bits per heavy atom. The molecule has 1 aromatic carbocycles. The molecular formula is C16H13N5O. The lowest BCUT2D eigenvalue weighted by atomic mass is 10.1. The Morgan fingerprint density at radius 1 is 1.23 bits per heavy atom. The predicted molar refractivity (Wildman–Crippen MR) is 80.5 cm³/mol. The normalized spacial score (nSPS) is 14.6. The third-order valence-corrected chi connectivity index (χ3v) is 2.93. The monoisotopic (exact) mass is 291 g/mol. The first-order chi connectivity index (χ1) is 10.5. The lowest BCUT2D eigenvalue weighted by molar-refractivity contribution is 0.279. The summed E-state index contributed by atoms with van der Waals surface area (Å²) in [6, 6.07) is 12.3. The van der Waals surface area contributed by atoms with Gasteiger partial charge in [0.05, 0.1) is 5.54 Å². The molecule has 22 heavy (non-hydrogen) atoms. The standard InChI is InChI=1S/C16H13N5O/c1-16(2)10-22-15(21-16)11-4-3-5-13(6-11)20-14(9-19)12(7-17)8-18/h3-6,20H,10H2,1-2H3. The summed E-state index contributed by atoms with van der Waals surface area (Å²) < 4.78 is 5.57. The molecule has 0 amide bonds. The maximum absolute atomic E-state index is 9.05. The predicted octanol–water partition coefficient (Wildman–Crippen LogP) is 2.48. The van der Waals surface area contributed by atoms with Crippen molar-refractivity contribution in [1.29, 1.82) is 15.8 Å². The Bertz CT molecular complexity index is 768. The minimum absolute atomic E-state index is 0.0863. The first-order valence-electron chi connectivity index (χ1n) is 6.54. The summed E-state index contributed by atoms with van der Waals surface area (Å²) in [4.78, 5) is 4.48. The molecule has 108 valence electrons. The minimum Gasteiger partial charge on any atom is -0.475 e. The summed E-state index contributed by atoms with van der Waals surface area (Å²) in [5.74, 6) is 0.539. The molecule has 0 aliphatic carbocycles. The molecule has 2 rings (SSSR count). The Balaban J connectivity index is 2.32. The van der Waals surface area contributed by atoms with Gasteiger partial charge in [-0.25, -0.2) is 4.99 Å². The zero-order valence-corrected chi connectivity index (χ0v) is 12.2. The zero-order valence-electron chi connectivity index (χ0n) is 12.2. The highest BCUT2D eigenvalue weighted by molar-refractivity contribution is 5.96. The Hall–Kier alpha value is -3.30. The summed E-state index contributed by atoms with van der Waals surface area (Å²) in [6.45, 7) is 4.46. The maximum Gasteiger partial charge on any atom is 0.216 e. The third kappa shape index (κ3) is 3.23. The topological polar surface area (TPSA) is 105 Å². The molecule has 0 unspecified atom stereocenters. The molecule has 0 radical (unpaired) electrons. The largest absolute Gasteiger partial charge is 0.475 e. The lowest BCUT2D eigenvalue weighted by Gasteiger charge is -2.07. The summed E-state index contributed by atoms with van der Waals surface area (Å²) in [5.41, 5.74) is 0.738. The van der Waals surface area contributed by atoms with E-state index < -0.39 is 0 Å². The number of benzene rings is 1. The van der Waals surface area contributed by atoms with Crippen molar-refractivity contribution in [2.75, 3.05) is 11.9 Å². The molecule has 0 saturated carbocycles. The van der Waals surface area contributed by atoms with Gasteiger partial charge < -0.3 is 10.1 Å². The zero-order chi connectivity index (χ0) is 16.2. The van der Waals surface area contributed by atoms with Gasteiger partial charge in [0.2, 0.25) is 5.90 Å². The molecule has 1 aliphatic heterocycles. The van der Waals surface area contributed by atoms with Crippen LogP contribution in [0.1, 0.15) is 19.4 Å². The van der Waals surface area contributed by atoms with Crippen LogP contribution in [0, 0.1) is 34.0 Å². The number of nitrogens with zero attached hydrogens (tertiary/aromatic N) is 4. The van der Waals surface area contributed by atoms with Gasteiger partial charge in [0, 0.05) is 11.3 Å². The Kier molecular flexibility index (Phi) is 4.11. The molecule has 0 spiro atoms. The molecule has 0 fully saturated rings. The van der Waals surface area contributed by atoms with Crippen molar-refractivity contribution in [3.05, 3.63) is 41.1 Å². The molecule has 1 aromatic rings. The number of aliphatic imine (C=N–C) groups is 1. The molecule has 1 N–H and O–H groups in total. The van der Waals surface area contributed by atoms with E-state index in [1.807, 2.05) is 26.0 Å². The highest BCUT2D eigenvalue weighted by Gasteiger charge is 2.27. The fourth-order valence-corrected chi connectivity index (χ4v) is 1.89. The number of nitriles is 3. The van der Waals surface area contributed by atoms with Crippen LogP contribution in [0.2, 0.25) is 0 Å². The highest BCUT2D eigenvalue weighted by Crippen LogP contribution is 2.22. The van der Waals surface area contributed by atoms with E-state index in [1.165, 1.54) is 0 Å². The van der Waals surface area contributed by atoms with Crippen LogP contribution in [-0.2, 0) is 4.74 Å². The van der Waals surface area contributed by atoms with E-state index >= 15 is 0 Å². The van der Waals surface area contributed by atoms with Gasteiger partial charge in [0.1, 0.15) is 30.5 Å². The number of anilines is 1. The summed E-state index contributed by atoms with van der Waals surface area (Å²) in [5, 5.41) is 29.5.